The minimum atomic E-state index is -1.59. The highest BCUT2D eigenvalue weighted by Gasteiger charge is 2.37. The molecule has 1 aromatic heterocycles. The third kappa shape index (κ3) is 4.95. The monoisotopic (exact) mass is 335 g/mol. The Morgan fingerprint density at radius 3 is 2.43 bits per heavy atom. The van der Waals surface area contributed by atoms with Gasteiger partial charge in [-0.3, -0.25) is 0 Å². The molecule has 130 valence electrons. The Bertz CT molecular complexity index is 488. The van der Waals surface area contributed by atoms with Gasteiger partial charge in [-0.2, -0.15) is 0 Å². The summed E-state index contributed by atoms with van der Waals surface area (Å²) in [5, 5.41) is 0.303. The van der Waals surface area contributed by atoms with Crippen LogP contribution in [0.5, 0.6) is 0 Å². The molecular weight excluding hydrogens is 302 g/mol. The molecule has 0 unspecified atom stereocenters. The maximum absolute atomic E-state index is 6.32. The molecule has 0 aliphatic carbocycles. The summed E-state index contributed by atoms with van der Waals surface area (Å²) in [6, 6.07) is 3.96. The predicted octanol–water partition coefficient (Wildman–Crippen LogP) is 4.29. The summed E-state index contributed by atoms with van der Waals surface area (Å²) in [6.07, 6.45) is 5.39. The molecule has 1 aliphatic heterocycles. The second kappa shape index (κ2) is 7.22. The van der Waals surface area contributed by atoms with Crippen LogP contribution >= 0.6 is 0 Å². The molecule has 0 aromatic carbocycles. The molecule has 2 rings (SSSR count). The van der Waals surface area contributed by atoms with Gasteiger partial charge >= 0.3 is 0 Å². The highest BCUT2D eigenvalue weighted by Crippen LogP contribution is 2.37. The Morgan fingerprint density at radius 2 is 1.91 bits per heavy atom. The zero-order valence-corrected chi connectivity index (χ0v) is 16.4. The number of nitrogen functional groups attached to an aromatic ring is 1. The van der Waals surface area contributed by atoms with Crippen LogP contribution in [0.1, 0.15) is 40.0 Å². The molecule has 23 heavy (non-hydrogen) atoms. The van der Waals surface area contributed by atoms with Crippen molar-refractivity contribution in [2.24, 2.45) is 5.92 Å². The van der Waals surface area contributed by atoms with Crippen molar-refractivity contribution in [2.75, 3.05) is 30.3 Å². The Labute approximate surface area is 142 Å². The number of hydrogen-bond donors (Lipinski definition) is 1. The van der Waals surface area contributed by atoms with Gasteiger partial charge in [0.15, 0.2) is 8.32 Å². The van der Waals surface area contributed by atoms with Crippen molar-refractivity contribution in [3.8, 4) is 0 Å². The van der Waals surface area contributed by atoms with Gasteiger partial charge in [-0.25, -0.2) is 4.98 Å². The van der Waals surface area contributed by atoms with E-state index >= 15 is 0 Å². The standard InChI is InChI=1S/C18H33N3OSi/c1-18(2,3)23(4,5)22-13-10-15-8-11-21(12-9-15)17-7-6-16(19)14-20-17/h6-7,14-15H,8-13,19H2,1-5H3. The first-order valence-electron chi connectivity index (χ1n) is 8.79. The quantitative estimate of drug-likeness (QED) is 0.815. The fourth-order valence-corrected chi connectivity index (χ4v) is 3.79. The molecule has 4 nitrogen and oxygen atoms in total. The van der Waals surface area contributed by atoms with Gasteiger partial charge in [0.2, 0.25) is 0 Å². The summed E-state index contributed by atoms with van der Waals surface area (Å²) < 4.78 is 6.32. The van der Waals surface area contributed by atoms with Gasteiger partial charge in [0.1, 0.15) is 5.82 Å². The largest absolute Gasteiger partial charge is 0.417 e. The van der Waals surface area contributed by atoms with Crippen molar-refractivity contribution < 1.29 is 4.43 Å². The van der Waals surface area contributed by atoms with Crippen LogP contribution in [0, 0.1) is 5.92 Å². The molecule has 2 heterocycles. The van der Waals surface area contributed by atoms with E-state index in [2.05, 4.69) is 43.7 Å². The molecule has 1 aromatic rings. The second-order valence-corrected chi connectivity index (χ2v) is 13.1. The Balaban J connectivity index is 1.74. The third-order valence-electron chi connectivity index (χ3n) is 5.50. The topological polar surface area (TPSA) is 51.4 Å². The molecule has 0 bridgehead atoms. The predicted molar refractivity (Wildman–Crippen MR) is 101 cm³/mol. The SMILES string of the molecule is CC(C)(C)[Si](C)(C)OCCC1CCN(c2ccc(N)cn2)CC1. The van der Waals surface area contributed by atoms with E-state index in [1.165, 1.54) is 19.3 Å². The minimum absolute atomic E-state index is 0.303. The van der Waals surface area contributed by atoms with Crippen molar-refractivity contribution in [1.29, 1.82) is 0 Å². The lowest BCUT2D eigenvalue weighted by Crippen LogP contribution is -2.41. The number of aromatic nitrogens is 1. The molecule has 0 spiro atoms. The van der Waals surface area contributed by atoms with E-state index in [1.54, 1.807) is 6.20 Å². The third-order valence-corrected chi connectivity index (χ3v) is 10.0. The number of pyridine rings is 1. The average Bonchev–Trinajstić information content (AvgIpc) is 2.47. The molecule has 1 saturated heterocycles. The van der Waals surface area contributed by atoms with Crippen molar-refractivity contribution in [3.05, 3.63) is 18.3 Å². The maximum Gasteiger partial charge on any atom is 0.191 e. The van der Waals surface area contributed by atoms with Crippen LogP contribution in [-0.2, 0) is 4.43 Å². The van der Waals surface area contributed by atoms with E-state index in [-0.39, 0.29) is 0 Å². The molecule has 0 amide bonds. The van der Waals surface area contributed by atoms with Gasteiger partial charge in [0.25, 0.3) is 0 Å². The fraction of sp³-hybridized carbons (Fsp3) is 0.722. The fourth-order valence-electron chi connectivity index (χ4n) is 2.73. The van der Waals surface area contributed by atoms with E-state index in [9.17, 15) is 0 Å². The maximum atomic E-state index is 6.32. The molecule has 1 fully saturated rings. The summed E-state index contributed by atoms with van der Waals surface area (Å²) in [5.74, 6) is 1.83. The molecule has 1 aliphatic rings. The van der Waals surface area contributed by atoms with Gasteiger partial charge in [-0.15, -0.1) is 0 Å². The zero-order valence-electron chi connectivity index (χ0n) is 15.4. The van der Waals surface area contributed by atoms with Crippen LogP contribution in [-0.4, -0.2) is 33.0 Å². The van der Waals surface area contributed by atoms with Crippen molar-refractivity contribution >= 4 is 19.8 Å². The minimum Gasteiger partial charge on any atom is -0.417 e. The van der Waals surface area contributed by atoms with E-state index in [0.29, 0.717) is 5.04 Å². The summed E-state index contributed by atoms with van der Waals surface area (Å²) in [7, 11) is -1.59. The molecule has 5 heteroatoms. The first-order valence-corrected chi connectivity index (χ1v) is 11.7. The van der Waals surface area contributed by atoms with E-state index < -0.39 is 8.32 Å². The summed E-state index contributed by atoms with van der Waals surface area (Å²) in [5.41, 5.74) is 6.44. The van der Waals surface area contributed by atoms with Crippen LogP contribution in [0.25, 0.3) is 0 Å². The first-order chi connectivity index (χ1) is 10.7. The van der Waals surface area contributed by atoms with E-state index in [4.69, 9.17) is 10.2 Å². The summed E-state index contributed by atoms with van der Waals surface area (Å²) in [6.45, 7) is 14.7. The Morgan fingerprint density at radius 1 is 1.26 bits per heavy atom. The highest BCUT2D eigenvalue weighted by molar-refractivity contribution is 6.74. The lowest BCUT2D eigenvalue weighted by molar-refractivity contribution is 0.240. The molecule has 0 saturated carbocycles. The Hall–Kier alpha value is -1.07. The number of anilines is 2. The molecular formula is C18H33N3OSi. The number of hydrogen-bond acceptors (Lipinski definition) is 4. The van der Waals surface area contributed by atoms with Gasteiger partial charge in [0.05, 0.1) is 11.9 Å². The summed E-state index contributed by atoms with van der Waals surface area (Å²) in [4.78, 5) is 6.80. The highest BCUT2D eigenvalue weighted by atomic mass is 28.4. The van der Waals surface area contributed by atoms with Gasteiger partial charge in [-0.05, 0) is 55.4 Å². The smallest absolute Gasteiger partial charge is 0.191 e. The van der Waals surface area contributed by atoms with E-state index in [0.717, 1.165) is 37.1 Å². The summed E-state index contributed by atoms with van der Waals surface area (Å²) >= 11 is 0. The van der Waals surface area contributed by atoms with Crippen molar-refractivity contribution in [2.45, 2.75) is 58.2 Å². The van der Waals surface area contributed by atoms with Crippen LogP contribution < -0.4 is 10.6 Å². The number of rotatable bonds is 5. The van der Waals surface area contributed by atoms with Gasteiger partial charge in [0, 0.05) is 19.7 Å². The molecule has 0 atom stereocenters. The van der Waals surface area contributed by atoms with Crippen molar-refractivity contribution in [3.63, 3.8) is 0 Å². The molecule has 0 radical (unpaired) electrons. The van der Waals surface area contributed by atoms with E-state index in [1.807, 2.05) is 12.1 Å². The van der Waals surface area contributed by atoms with Crippen LogP contribution in [0.3, 0.4) is 0 Å². The normalized spacial score (nSPS) is 17.5. The zero-order chi connectivity index (χ0) is 17.1. The lowest BCUT2D eigenvalue weighted by atomic mass is 9.94. The van der Waals surface area contributed by atoms with Crippen molar-refractivity contribution in [1.82, 2.24) is 4.98 Å². The average molecular weight is 336 g/mol. The molecule has 2 N–H and O–H groups in total. The number of nitrogens with two attached hydrogens (primary N) is 1. The van der Waals surface area contributed by atoms with Crippen LogP contribution in [0.2, 0.25) is 18.1 Å². The number of nitrogens with zero attached hydrogens (tertiary/aromatic N) is 2. The van der Waals surface area contributed by atoms with Crippen LogP contribution in [0.4, 0.5) is 11.5 Å². The van der Waals surface area contributed by atoms with Crippen LogP contribution in [0.15, 0.2) is 18.3 Å². The lowest BCUT2D eigenvalue weighted by Gasteiger charge is -2.37. The second-order valence-electron chi connectivity index (χ2n) is 8.28. The Kier molecular flexibility index (Phi) is 5.73. The number of piperidine rings is 1. The van der Waals surface area contributed by atoms with Gasteiger partial charge in [-0.1, -0.05) is 20.8 Å². The first kappa shape index (κ1) is 18.3. The van der Waals surface area contributed by atoms with Gasteiger partial charge < -0.3 is 15.1 Å².